The number of anilines is 1. The van der Waals surface area contributed by atoms with Gasteiger partial charge in [-0.25, -0.2) is 4.39 Å². The molecule has 3 N–H and O–H groups in total. The molecule has 4 fully saturated rings. The van der Waals surface area contributed by atoms with Gasteiger partial charge in [0.1, 0.15) is 23.3 Å². The lowest BCUT2D eigenvalue weighted by molar-refractivity contribution is -0.260. The third-order valence-electron chi connectivity index (χ3n) is 12.3. The Morgan fingerprint density at radius 1 is 0.963 bits per heavy atom. The van der Waals surface area contributed by atoms with Gasteiger partial charge < -0.3 is 25.3 Å². The Hall–Kier alpha value is -4.14. The Balaban J connectivity index is 1.12. The van der Waals surface area contributed by atoms with Crippen LogP contribution in [-0.2, 0) is 22.2 Å². The van der Waals surface area contributed by atoms with Crippen LogP contribution in [0.25, 0.3) is 0 Å². The van der Waals surface area contributed by atoms with Crippen LogP contribution in [0.2, 0.25) is 0 Å². The second kappa shape index (κ2) is 12.7. The van der Waals surface area contributed by atoms with Crippen molar-refractivity contribution in [1.82, 2.24) is 5.32 Å². The maximum absolute atomic E-state index is 14.5. The zero-order valence-electron chi connectivity index (χ0n) is 29.5. The lowest BCUT2D eigenvalue weighted by Gasteiger charge is -2.30. The quantitative estimate of drug-likeness (QED) is 0.205. The fraction of sp³-hybridized carbons (Fsp3) is 0.564. The molecule has 8 rings (SSSR count). The third kappa shape index (κ3) is 6.33. The van der Waals surface area contributed by atoms with Crippen LogP contribution < -0.4 is 15.4 Å². The van der Waals surface area contributed by atoms with E-state index in [0.717, 1.165) is 37.3 Å². The van der Waals surface area contributed by atoms with E-state index in [-0.39, 0.29) is 34.5 Å². The van der Waals surface area contributed by atoms with Gasteiger partial charge in [-0.2, -0.15) is 26.3 Å². The summed E-state index contributed by atoms with van der Waals surface area (Å²) >= 11 is 0. The number of nitrogens with zero attached hydrogens (tertiary/aromatic N) is 1. The SMILES string of the molecule is CC1(C)Cc2cc(C3=NOC4CC(O)(C(F)(F)F)CC34)cc(C(=O)N[C@@H]3C4CCC(/C4=C/C4CCCC4)[C@@H]3C(=O)Nc3ccc(F)c(C(F)(F)F)c3)c2O1. The van der Waals surface area contributed by atoms with Crippen molar-refractivity contribution >= 4 is 23.2 Å². The number of oxime groups is 1. The van der Waals surface area contributed by atoms with Gasteiger partial charge in [-0.1, -0.05) is 29.6 Å². The number of carbonyl (C=O) groups is 2. The number of benzene rings is 2. The van der Waals surface area contributed by atoms with Crippen molar-refractivity contribution in [3.63, 3.8) is 0 Å². The highest BCUT2D eigenvalue weighted by Crippen LogP contribution is 2.55. The fourth-order valence-corrected chi connectivity index (χ4v) is 9.85. The summed E-state index contributed by atoms with van der Waals surface area (Å²) < 4.78 is 102. The first kappa shape index (κ1) is 36.8. The predicted molar refractivity (Wildman–Crippen MR) is 181 cm³/mol. The highest BCUT2D eigenvalue weighted by Gasteiger charge is 2.63. The first-order valence-electron chi connectivity index (χ1n) is 18.4. The Bertz CT molecular complexity index is 1950. The maximum Gasteiger partial charge on any atom is 0.419 e. The molecule has 5 unspecified atom stereocenters. The van der Waals surface area contributed by atoms with Crippen LogP contribution in [0.3, 0.4) is 0 Å². The Labute approximate surface area is 306 Å². The van der Waals surface area contributed by atoms with Gasteiger partial charge in [0.25, 0.3) is 5.91 Å². The second-order valence-electron chi connectivity index (χ2n) is 16.4. The number of hydrogen-bond donors (Lipinski definition) is 3. The van der Waals surface area contributed by atoms with Crippen molar-refractivity contribution in [3.05, 3.63) is 70.1 Å². The summed E-state index contributed by atoms with van der Waals surface area (Å²) in [7, 11) is 0. The first-order valence-corrected chi connectivity index (χ1v) is 18.4. The number of rotatable bonds is 6. The summed E-state index contributed by atoms with van der Waals surface area (Å²) in [6.07, 6.45) is -4.16. The van der Waals surface area contributed by atoms with Crippen molar-refractivity contribution in [2.45, 2.75) is 107 Å². The summed E-state index contributed by atoms with van der Waals surface area (Å²) in [5.74, 6) is -4.34. The van der Waals surface area contributed by atoms with Gasteiger partial charge in [0, 0.05) is 42.0 Å². The first-order chi connectivity index (χ1) is 25.3. The van der Waals surface area contributed by atoms with E-state index in [9.17, 15) is 45.4 Å². The number of ether oxygens (including phenoxy) is 1. The van der Waals surface area contributed by atoms with Crippen LogP contribution in [0.4, 0.5) is 36.4 Å². The average Bonchev–Trinajstić information content (AvgIpc) is 3.92. The van der Waals surface area contributed by atoms with E-state index in [1.807, 2.05) is 13.8 Å². The van der Waals surface area contributed by atoms with Gasteiger partial charge in [-0.05, 0) is 93.7 Å². The zero-order valence-corrected chi connectivity index (χ0v) is 29.5. The number of aliphatic hydroxyl groups is 1. The molecule has 54 heavy (non-hydrogen) atoms. The summed E-state index contributed by atoms with van der Waals surface area (Å²) in [4.78, 5) is 33.9. The molecule has 2 heterocycles. The molecule has 290 valence electrons. The fourth-order valence-electron chi connectivity index (χ4n) is 9.85. The number of nitrogens with one attached hydrogen (secondary N) is 2. The van der Waals surface area contributed by atoms with E-state index >= 15 is 0 Å². The number of carbonyl (C=O) groups excluding carboxylic acids is 2. The van der Waals surface area contributed by atoms with Gasteiger partial charge in [-0.15, -0.1) is 0 Å². The van der Waals surface area contributed by atoms with Crippen LogP contribution in [0.15, 0.2) is 47.1 Å². The van der Waals surface area contributed by atoms with Crippen LogP contribution in [0.1, 0.15) is 92.3 Å². The Morgan fingerprint density at radius 3 is 2.39 bits per heavy atom. The topological polar surface area (TPSA) is 109 Å². The molecule has 2 amide bonds. The molecule has 2 aliphatic heterocycles. The molecule has 0 spiro atoms. The minimum atomic E-state index is -4.98. The van der Waals surface area contributed by atoms with Crippen LogP contribution in [0.5, 0.6) is 5.75 Å². The van der Waals surface area contributed by atoms with Crippen LogP contribution in [-0.4, -0.2) is 52.2 Å². The third-order valence-corrected chi connectivity index (χ3v) is 12.3. The summed E-state index contributed by atoms with van der Waals surface area (Å²) in [6.45, 7) is 3.66. The predicted octanol–water partition coefficient (Wildman–Crippen LogP) is 7.87. The monoisotopic (exact) mass is 763 g/mol. The van der Waals surface area contributed by atoms with Crippen LogP contribution >= 0.6 is 0 Å². The lowest BCUT2D eigenvalue weighted by Crippen LogP contribution is -2.48. The van der Waals surface area contributed by atoms with E-state index < -0.39 is 83.6 Å². The molecule has 8 nitrogen and oxygen atoms in total. The molecule has 2 aromatic carbocycles. The molecule has 0 saturated heterocycles. The molecule has 0 radical (unpaired) electrons. The molecule has 6 aliphatic rings. The van der Waals surface area contributed by atoms with Crippen molar-refractivity contribution < 1.29 is 55.0 Å². The van der Waals surface area contributed by atoms with E-state index in [1.165, 1.54) is 6.07 Å². The van der Waals surface area contributed by atoms with Gasteiger partial charge in [0.05, 0.1) is 22.8 Å². The summed E-state index contributed by atoms with van der Waals surface area (Å²) in [5.41, 5.74) is -3.15. The highest BCUT2D eigenvalue weighted by molar-refractivity contribution is 6.07. The molecule has 4 saturated carbocycles. The molecule has 7 atom stereocenters. The van der Waals surface area contributed by atoms with Gasteiger partial charge in [0.15, 0.2) is 5.60 Å². The lowest BCUT2D eigenvalue weighted by atomic mass is 9.83. The summed E-state index contributed by atoms with van der Waals surface area (Å²) in [6, 6.07) is 4.71. The standard InChI is InChI=1S/C39H40F7N3O5/c1-36(2)15-20-12-19(31-26-16-37(52,39(44,45)46)17-29(26)54-49-31)13-25(33(20)53-36)34(50)48-32-23-9-8-22(24(23)11-18-5-3-4-6-18)30(32)35(51)47-21-7-10-28(40)27(14-21)38(41,42)43/h7,10-14,18,22-23,26,29-30,32,52H,3-6,8-9,15-17H2,1-2H3,(H,47,51)(H,48,50)/b24-11-/t22?,23?,26?,29?,30-,32+,37?/m0/s1. The largest absolute Gasteiger partial charge is 0.486 e. The zero-order chi connectivity index (χ0) is 38.5. The molecular weight excluding hydrogens is 723 g/mol. The van der Waals surface area contributed by atoms with Crippen molar-refractivity contribution in [1.29, 1.82) is 0 Å². The molecule has 2 aromatic rings. The minimum absolute atomic E-state index is 0.0833. The number of allylic oxidation sites excluding steroid dienone is 1. The molecular formula is C39H40F7N3O5. The maximum atomic E-state index is 14.5. The number of amides is 2. The van der Waals surface area contributed by atoms with E-state index in [1.54, 1.807) is 6.07 Å². The van der Waals surface area contributed by atoms with Crippen molar-refractivity contribution in [3.8, 4) is 5.75 Å². The molecule has 2 bridgehead atoms. The number of fused-ring (bicyclic) bond motifs is 4. The Morgan fingerprint density at radius 2 is 1.69 bits per heavy atom. The van der Waals surface area contributed by atoms with Gasteiger partial charge in [0.2, 0.25) is 5.91 Å². The Kier molecular flexibility index (Phi) is 8.66. The van der Waals surface area contributed by atoms with Gasteiger partial charge >= 0.3 is 12.4 Å². The van der Waals surface area contributed by atoms with Crippen molar-refractivity contribution in [2.75, 3.05) is 5.32 Å². The molecule has 4 aliphatic carbocycles. The molecule has 15 heteroatoms. The average molecular weight is 764 g/mol. The normalized spacial score (nSPS) is 32.0. The minimum Gasteiger partial charge on any atom is -0.486 e. The summed E-state index contributed by atoms with van der Waals surface area (Å²) in [5, 5.41) is 20.2. The highest BCUT2D eigenvalue weighted by atomic mass is 19.4. The molecule has 0 aromatic heterocycles. The van der Waals surface area contributed by atoms with Crippen LogP contribution in [0, 0.1) is 35.4 Å². The van der Waals surface area contributed by atoms with E-state index in [0.29, 0.717) is 48.4 Å². The van der Waals surface area contributed by atoms with Gasteiger partial charge in [-0.3, -0.25) is 9.59 Å². The van der Waals surface area contributed by atoms with Crippen molar-refractivity contribution in [2.24, 2.45) is 34.7 Å². The second-order valence-corrected chi connectivity index (χ2v) is 16.4. The smallest absolute Gasteiger partial charge is 0.419 e. The van der Waals surface area contributed by atoms with E-state index in [2.05, 4.69) is 21.9 Å². The number of halogens is 7. The number of hydrogen-bond acceptors (Lipinski definition) is 6. The van der Waals surface area contributed by atoms with E-state index in [4.69, 9.17) is 9.57 Å². The number of alkyl halides is 6.